The van der Waals surface area contributed by atoms with Crippen LogP contribution in [0.1, 0.15) is 25.3 Å². The van der Waals surface area contributed by atoms with E-state index in [4.69, 9.17) is 0 Å². The Balaban J connectivity index is 1.70. The lowest BCUT2D eigenvalue weighted by Gasteiger charge is -2.03. The van der Waals surface area contributed by atoms with Crippen LogP contribution < -0.4 is 11.2 Å². The van der Waals surface area contributed by atoms with Gasteiger partial charge in [-0.3, -0.25) is 19.0 Å². The molecule has 0 saturated heterocycles. The fraction of sp³-hybridized carbons (Fsp3) is 0.263. The zero-order chi connectivity index (χ0) is 19.7. The van der Waals surface area contributed by atoms with Gasteiger partial charge in [-0.2, -0.15) is 5.10 Å². The van der Waals surface area contributed by atoms with Crippen molar-refractivity contribution >= 4 is 11.2 Å². The summed E-state index contributed by atoms with van der Waals surface area (Å²) in [6.45, 7) is 2.91. The third-order valence-corrected chi connectivity index (χ3v) is 4.51. The van der Waals surface area contributed by atoms with Crippen molar-refractivity contribution in [3.8, 4) is 11.4 Å². The fourth-order valence-corrected chi connectivity index (χ4v) is 3.10. The molecule has 0 amide bonds. The number of aromatic nitrogens is 6. The average Bonchev–Trinajstić information content (AvgIpc) is 3.29. The normalized spacial score (nSPS) is 11.4. The highest BCUT2D eigenvalue weighted by Gasteiger charge is 2.15. The molecule has 2 N–H and O–H groups in total. The number of hydrogen-bond donors (Lipinski definition) is 2. The first-order valence-electron chi connectivity index (χ1n) is 9.05. The third-order valence-electron chi connectivity index (χ3n) is 4.51. The van der Waals surface area contributed by atoms with Gasteiger partial charge in [0.25, 0.3) is 5.56 Å². The Labute approximate surface area is 158 Å². The first-order valence-corrected chi connectivity index (χ1v) is 9.05. The summed E-state index contributed by atoms with van der Waals surface area (Å²) in [5.74, 6) is 0.147. The van der Waals surface area contributed by atoms with Crippen LogP contribution in [-0.2, 0) is 13.1 Å². The van der Waals surface area contributed by atoms with Gasteiger partial charge in [-0.25, -0.2) is 14.2 Å². The van der Waals surface area contributed by atoms with Crippen LogP contribution in [0.15, 0.2) is 46.2 Å². The van der Waals surface area contributed by atoms with Crippen LogP contribution in [0.5, 0.6) is 0 Å². The molecular weight excluding hydrogens is 363 g/mol. The number of imidazole rings is 1. The summed E-state index contributed by atoms with van der Waals surface area (Å²) in [5.41, 5.74) is 1.06. The predicted molar refractivity (Wildman–Crippen MR) is 103 cm³/mol. The SMILES string of the molecule is CCCCn1c(=O)[nH]c(=O)c2[nH]c(-c3cnn(Cc4cccc(F)c4)c3)nc21. The molecule has 0 atom stereocenters. The molecule has 0 spiro atoms. The number of aryl methyl sites for hydroxylation is 1. The summed E-state index contributed by atoms with van der Waals surface area (Å²) in [7, 11) is 0. The Bertz CT molecular complexity index is 1250. The van der Waals surface area contributed by atoms with Gasteiger partial charge in [0.1, 0.15) is 17.2 Å². The van der Waals surface area contributed by atoms with E-state index in [2.05, 4.69) is 20.1 Å². The van der Waals surface area contributed by atoms with Gasteiger partial charge in [0.2, 0.25) is 0 Å². The lowest BCUT2D eigenvalue weighted by molar-refractivity contribution is 0.613. The summed E-state index contributed by atoms with van der Waals surface area (Å²) in [6, 6.07) is 6.31. The molecule has 8 nitrogen and oxygen atoms in total. The van der Waals surface area contributed by atoms with Crippen molar-refractivity contribution in [2.75, 3.05) is 0 Å². The predicted octanol–water partition coefficient (Wildman–Crippen LogP) is 2.26. The Morgan fingerprint density at radius 2 is 2.07 bits per heavy atom. The van der Waals surface area contributed by atoms with E-state index in [0.717, 1.165) is 18.4 Å². The molecule has 4 rings (SSSR count). The minimum atomic E-state index is -0.501. The van der Waals surface area contributed by atoms with Gasteiger partial charge in [0.15, 0.2) is 5.65 Å². The smallest absolute Gasteiger partial charge is 0.330 e. The quantitative estimate of drug-likeness (QED) is 0.534. The molecule has 3 heterocycles. The number of nitrogens with one attached hydrogen (secondary N) is 2. The lowest BCUT2D eigenvalue weighted by Crippen LogP contribution is -2.30. The standard InChI is InChI=1S/C19H19FN6O2/c1-2-3-7-26-17-15(18(27)24-19(26)28)22-16(23-17)13-9-21-25(11-13)10-12-5-4-6-14(20)8-12/h4-6,8-9,11H,2-3,7,10H2,1H3,(H,22,23)(H,24,27,28). The van der Waals surface area contributed by atoms with Gasteiger partial charge in [-0.05, 0) is 24.1 Å². The van der Waals surface area contributed by atoms with E-state index in [1.807, 2.05) is 13.0 Å². The monoisotopic (exact) mass is 382 g/mol. The molecule has 0 fully saturated rings. The first-order chi connectivity index (χ1) is 13.5. The van der Waals surface area contributed by atoms with Crippen molar-refractivity contribution in [1.82, 2.24) is 29.3 Å². The number of nitrogens with zero attached hydrogens (tertiary/aromatic N) is 4. The lowest BCUT2D eigenvalue weighted by atomic mass is 10.2. The van der Waals surface area contributed by atoms with Crippen molar-refractivity contribution in [2.24, 2.45) is 0 Å². The van der Waals surface area contributed by atoms with E-state index in [0.29, 0.717) is 30.1 Å². The van der Waals surface area contributed by atoms with Crippen LogP contribution in [0, 0.1) is 5.82 Å². The van der Waals surface area contributed by atoms with Crippen molar-refractivity contribution < 1.29 is 4.39 Å². The first kappa shape index (κ1) is 17.9. The number of fused-ring (bicyclic) bond motifs is 1. The Morgan fingerprint density at radius 1 is 1.21 bits per heavy atom. The molecule has 0 radical (unpaired) electrons. The summed E-state index contributed by atoms with van der Waals surface area (Å²) in [4.78, 5) is 34.1. The summed E-state index contributed by atoms with van der Waals surface area (Å²) < 4.78 is 16.5. The molecule has 0 saturated carbocycles. The van der Waals surface area contributed by atoms with Gasteiger partial charge in [0.05, 0.1) is 18.3 Å². The fourth-order valence-electron chi connectivity index (χ4n) is 3.10. The molecule has 0 aliphatic heterocycles. The van der Waals surface area contributed by atoms with Gasteiger partial charge in [0, 0.05) is 12.7 Å². The van der Waals surface area contributed by atoms with Crippen LogP contribution in [0.3, 0.4) is 0 Å². The molecule has 9 heteroatoms. The van der Waals surface area contributed by atoms with Gasteiger partial charge >= 0.3 is 5.69 Å². The largest absolute Gasteiger partial charge is 0.332 e. The highest BCUT2D eigenvalue weighted by atomic mass is 19.1. The van der Waals surface area contributed by atoms with Crippen LogP contribution in [0.4, 0.5) is 4.39 Å². The number of rotatable bonds is 6. The maximum atomic E-state index is 13.3. The number of unbranched alkanes of at least 4 members (excludes halogenated alkanes) is 1. The van der Waals surface area contributed by atoms with E-state index in [-0.39, 0.29) is 11.3 Å². The maximum absolute atomic E-state index is 13.3. The summed E-state index contributed by atoms with van der Waals surface area (Å²) >= 11 is 0. The van der Waals surface area contributed by atoms with Crippen LogP contribution in [-0.4, -0.2) is 29.3 Å². The topological polar surface area (TPSA) is 101 Å². The zero-order valence-corrected chi connectivity index (χ0v) is 15.3. The van der Waals surface area contributed by atoms with Gasteiger partial charge in [-0.15, -0.1) is 0 Å². The van der Waals surface area contributed by atoms with Crippen molar-refractivity contribution in [3.63, 3.8) is 0 Å². The molecule has 144 valence electrons. The molecule has 1 aromatic carbocycles. The van der Waals surface area contributed by atoms with Crippen LogP contribution in [0.2, 0.25) is 0 Å². The summed E-state index contributed by atoms with van der Waals surface area (Å²) in [6.07, 6.45) is 5.08. The second-order valence-corrected chi connectivity index (χ2v) is 6.60. The van der Waals surface area contributed by atoms with Crippen LogP contribution in [0.25, 0.3) is 22.6 Å². The van der Waals surface area contributed by atoms with Crippen molar-refractivity contribution in [2.45, 2.75) is 32.9 Å². The highest BCUT2D eigenvalue weighted by molar-refractivity contribution is 5.75. The van der Waals surface area contributed by atoms with Gasteiger partial charge < -0.3 is 4.98 Å². The van der Waals surface area contributed by atoms with E-state index in [1.54, 1.807) is 23.1 Å². The number of aromatic amines is 2. The van der Waals surface area contributed by atoms with Crippen molar-refractivity contribution in [1.29, 1.82) is 0 Å². The Morgan fingerprint density at radius 3 is 2.86 bits per heavy atom. The van der Waals surface area contributed by atoms with E-state index >= 15 is 0 Å². The average molecular weight is 382 g/mol. The van der Waals surface area contributed by atoms with E-state index in [1.165, 1.54) is 16.7 Å². The second kappa shape index (κ2) is 7.26. The molecule has 0 bridgehead atoms. The molecule has 4 aromatic rings. The Hall–Kier alpha value is -3.49. The third kappa shape index (κ3) is 3.38. The molecular formula is C19H19FN6O2. The number of H-pyrrole nitrogens is 2. The summed E-state index contributed by atoms with van der Waals surface area (Å²) in [5, 5.41) is 4.28. The van der Waals surface area contributed by atoms with Crippen LogP contribution >= 0.6 is 0 Å². The minimum Gasteiger partial charge on any atom is -0.332 e. The molecule has 0 aliphatic carbocycles. The number of halogens is 1. The van der Waals surface area contributed by atoms with Gasteiger partial charge in [-0.1, -0.05) is 25.5 Å². The number of hydrogen-bond acceptors (Lipinski definition) is 4. The molecule has 3 aromatic heterocycles. The molecule has 0 aliphatic rings. The van der Waals surface area contributed by atoms with Crippen molar-refractivity contribution in [3.05, 3.63) is 68.9 Å². The zero-order valence-electron chi connectivity index (χ0n) is 15.3. The van der Waals surface area contributed by atoms with E-state index in [9.17, 15) is 14.0 Å². The maximum Gasteiger partial charge on any atom is 0.330 e. The second-order valence-electron chi connectivity index (χ2n) is 6.60. The highest BCUT2D eigenvalue weighted by Crippen LogP contribution is 2.18. The molecule has 0 unspecified atom stereocenters. The van der Waals surface area contributed by atoms with E-state index < -0.39 is 11.2 Å². The minimum absolute atomic E-state index is 0.253. The Kier molecular flexibility index (Phi) is 4.64. The number of benzene rings is 1. The molecule has 28 heavy (non-hydrogen) atoms.